The van der Waals surface area contributed by atoms with E-state index in [1.54, 1.807) is 48.5 Å². The van der Waals surface area contributed by atoms with Gasteiger partial charge >= 0.3 is 0 Å². The van der Waals surface area contributed by atoms with Gasteiger partial charge in [0.15, 0.2) is 5.69 Å². The maximum absolute atomic E-state index is 11.1. The highest BCUT2D eigenvalue weighted by atomic mass is 16.6. The van der Waals surface area contributed by atoms with Gasteiger partial charge in [-0.3, -0.25) is 10.1 Å². The van der Waals surface area contributed by atoms with E-state index in [4.69, 9.17) is 5.73 Å². The number of hydrogen-bond donors (Lipinski definition) is 2. The van der Waals surface area contributed by atoms with E-state index in [-0.39, 0.29) is 17.1 Å². The molecular weight excluding hydrogens is 320 g/mol. The van der Waals surface area contributed by atoms with Crippen molar-refractivity contribution in [1.29, 1.82) is 0 Å². The number of para-hydroxylation sites is 1. The van der Waals surface area contributed by atoms with Crippen LogP contribution >= 0.6 is 0 Å². The molecule has 7 nitrogen and oxygen atoms in total. The van der Waals surface area contributed by atoms with E-state index in [1.165, 1.54) is 18.2 Å². The fourth-order valence-corrected chi connectivity index (χ4v) is 2.38. The van der Waals surface area contributed by atoms with Gasteiger partial charge in [-0.2, -0.15) is 0 Å². The van der Waals surface area contributed by atoms with Crippen LogP contribution in [-0.2, 0) is 0 Å². The number of anilines is 1. The van der Waals surface area contributed by atoms with E-state index in [9.17, 15) is 15.2 Å². The lowest BCUT2D eigenvalue weighted by molar-refractivity contribution is -0.384. The first-order valence-electron chi connectivity index (χ1n) is 7.39. The molecule has 0 saturated carbocycles. The third-order valence-corrected chi connectivity index (χ3v) is 3.56. The van der Waals surface area contributed by atoms with Gasteiger partial charge in [-0.05, 0) is 24.3 Å². The summed E-state index contributed by atoms with van der Waals surface area (Å²) in [7, 11) is 0. The van der Waals surface area contributed by atoms with Gasteiger partial charge < -0.3 is 10.8 Å². The van der Waals surface area contributed by atoms with Crippen molar-refractivity contribution in [2.45, 2.75) is 0 Å². The van der Waals surface area contributed by atoms with E-state index in [2.05, 4.69) is 10.2 Å². The van der Waals surface area contributed by atoms with Gasteiger partial charge in [0.2, 0.25) is 0 Å². The number of benzene rings is 3. The summed E-state index contributed by atoms with van der Waals surface area (Å²) < 4.78 is 0. The van der Waals surface area contributed by atoms with Crippen molar-refractivity contribution < 1.29 is 10.0 Å². The Hall–Kier alpha value is -3.74. The van der Waals surface area contributed by atoms with Gasteiger partial charge in [0, 0.05) is 28.9 Å². The Balaban J connectivity index is 2.04. The standard InChI is InChI=1S/C18H14N4O3/c19-12-9-10-14(18(23)11-12)13-5-1-2-6-15(13)20-21-16-7-3-4-8-17(16)22(24)25/h1-11,23H,19H2. The Bertz CT molecular complexity index is 970. The SMILES string of the molecule is Nc1ccc(-c2ccccc2N=Nc2ccccc2[N+](=O)[O-])c(O)c1. The molecule has 0 bridgehead atoms. The molecule has 3 aromatic carbocycles. The van der Waals surface area contributed by atoms with Gasteiger partial charge in [-0.15, -0.1) is 10.2 Å². The summed E-state index contributed by atoms with van der Waals surface area (Å²) in [6.45, 7) is 0. The van der Waals surface area contributed by atoms with Crippen LogP contribution in [0.3, 0.4) is 0 Å². The Morgan fingerprint density at radius 3 is 2.24 bits per heavy atom. The average molecular weight is 334 g/mol. The van der Waals surface area contributed by atoms with Crippen LogP contribution < -0.4 is 5.73 Å². The summed E-state index contributed by atoms with van der Waals surface area (Å²) in [5, 5.41) is 29.3. The summed E-state index contributed by atoms with van der Waals surface area (Å²) in [4.78, 5) is 10.5. The lowest BCUT2D eigenvalue weighted by Gasteiger charge is -2.08. The number of nitrogens with two attached hydrogens (primary N) is 1. The smallest absolute Gasteiger partial charge is 0.296 e. The fourth-order valence-electron chi connectivity index (χ4n) is 2.38. The molecule has 0 fully saturated rings. The molecule has 3 aromatic rings. The molecule has 0 amide bonds. The summed E-state index contributed by atoms with van der Waals surface area (Å²) >= 11 is 0. The second-order valence-corrected chi connectivity index (χ2v) is 5.24. The van der Waals surface area contributed by atoms with Crippen LogP contribution in [0.1, 0.15) is 0 Å². The number of rotatable bonds is 4. The van der Waals surface area contributed by atoms with E-state index < -0.39 is 4.92 Å². The first-order valence-corrected chi connectivity index (χ1v) is 7.39. The Morgan fingerprint density at radius 2 is 1.52 bits per heavy atom. The molecule has 0 aliphatic heterocycles. The normalized spacial score (nSPS) is 10.9. The molecule has 0 atom stereocenters. The number of nitrogen functional groups attached to an aromatic ring is 1. The quantitative estimate of drug-likeness (QED) is 0.303. The molecule has 0 heterocycles. The number of hydrogen-bond acceptors (Lipinski definition) is 6. The zero-order chi connectivity index (χ0) is 17.8. The number of nitrogens with zero attached hydrogens (tertiary/aromatic N) is 3. The second-order valence-electron chi connectivity index (χ2n) is 5.24. The van der Waals surface area contributed by atoms with Gasteiger partial charge in [0.25, 0.3) is 5.69 Å². The number of nitro benzene ring substituents is 1. The number of phenols is 1. The molecule has 124 valence electrons. The molecule has 3 N–H and O–H groups in total. The lowest BCUT2D eigenvalue weighted by Crippen LogP contribution is -1.87. The van der Waals surface area contributed by atoms with Gasteiger partial charge in [-0.1, -0.05) is 30.3 Å². The van der Waals surface area contributed by atoms with Crippen LogP contribution in [0, 0.1) is 10.1 Å². The predicted octanol–water partition coefficient (Wildman–Crippen LogP) is 4.97. The minimum Gasteiger partial charge on any atom is -0.507 e. The van der Waals surface area contributed by atoms with Crippen LogP contribution in [0.4, 0.5) is 22.7 Å². The molecule has 3 rings (SSSR count). The molecule has 25 heavy (non-hydrogen) atoms. The van der Waals surface area contributed by atoms with Crippen LogP contribution in [0.25, 0.3) is 11.1 Å². The molecule has 0 aliphatic rings. The number of aromatic hydroxyl groups is 1. The maximum atomic E-state index is 11.1. The van der Waals surface area contributed by atoms with Gasteiger partial charge in [0.05, 0.1) is 10.6 Å². The third kappa shape index (κ3) is 3.45. The zero-order valence-electron chi connectivity index (χ0n) is 13.0. The minimum atomic E-state index is -0.508. The maximum Gasteiger partial charge on any atom is 0.296 e. The lowest BCUT2D eigenvalue weighted by atomic mass is 10.0. The fraction of sp³-hybridized carbons (Fsp3) is 0. The number of phenolic OH excluding ortho intramolecular Hbond substituents is 1. The van der Waals surface area contributed by atoms with Crippen molar-refractivity contribution in [3.05, 3.63) is 76.8 Å². The highest BCUT2D eigenvalue weighted by molar-refractivity contribution is 5.81. The van der Waals surface area contributed by atoms with E-state index in [0.717, 1.165) is 0 Å². The molecule has 0 saturated heterocycles. The third-order valence-electron chi connectivity index (χ3n) is 3.56. The highest BCUT2D eigenvalue weighted by Gasteiger charge is 2.13. The molecule has 0 aromatic heterocycles. The second kappa shape index (κ2) is 6.79. The van der Waals surface area contributed by atoms with Crippen molar-refractivity contribution >= 4 is 22.7 Å². The van der Waals surface area contributed by atoms with Crippen LogP contribution in [0.15, 0.2) is 77.0 Å². The topological polar surface area (TPSA) is 114 Å². The summed E-state index contributed by atoms with van der Waals surface area (Å²) in [6, 6.07) is 18.0. The monoisotopic (exact) mass is 334 g/mol. The molecule has 0 spiro atoms. The highest BCUT2D eigenvalue weighted by Crippen LogP contribution is 2.38. The van der Waals surface area contributed by atoms with Crippen LogP contribution in [0.2, 0.25) is 0 Å². The first-order chi connectivity index (χ1) is 12.1. The predicted molar refractivity (Wildman–Crippen MR) is 95.2 cm³/mol. The summed E-state index contributed by atoms with van der Waals surface area (Å²) in [6.07, 6.45) is 0. The summed E-state index contributed by atoms with van der Waals surface area (Å²) in [5.74, 6) is 0.0216. The van der Waals surface area contributed by atoms with Crippen molar-refractivity contribution in [2.24, 2.45) is 10.2 Å². The molecule has 0 unspecified atom stereocenters. The van der Waals surface area contributed by atoms with Crippen molar-refractivity contribution in [3.8, 4) is 16.9 Å². The Labute approximate surface area is 143 Å². The summed E-state index contributed by atoms with van der Waals surface area (Å²) in [5.41, 5.74) is 7.79. The molecule has 7 heteroatoms. The van der Waals surface area contributed by atoms with Crippen molar-refractivity contribution in [1.82, 2.24) is 0 Å². The molecule has 0 radical (unpaired) electrons. The zero-order valence-corrected chi connectivity index (χ0v) is 13.0. The van der Waals surface area contributed by atoms with Gasteiger partial charge in [-0.25, -0.2) is 0 Å². The Morgan fingerprint density at radius 1 is 0.880 bits per heavy atom. The van der Waals surface area contributed by atoms with E-state index in [0.29, 0.717) is 22.5 Å². The Kier molecular flexibility index (Phi) is 4.38. The largest absolute Gasteiger partial charge is 0.507 e. The molecular formula is C18H14N4O3. The average Bonchev–Trinajstić information content (AvgIpc) is 2.60. The van der Waals surface area contributed by atoms with Gasteiger partial charge in [0.1, 0.15) is 5.75 Å². The number of azo groups is 1. The molecule has 0 aliphatic carbocycles. The minimum absolute atomic E-state index is 0.0216. The van der Waals surface area contributed by atoms with E-state index >= 15 is 0 Å². The van der Waals surface area contributed by atoms with Crippen LogP contribution in [0.5, 0.6) is 5.75 Å². The van der Waals surface area contributed by atoms with Crippen LogP contribution in [-0.4, -0.2) is 10.0 Å². The van der Waals surface area contributed by atoms with E-state index in [1.807, 2.05) is 0 Å². The number of nitro groups is 1. The van der Waals surface area contributed by atoms with Crippen molar-refractivity contribution in [2.75, 3.05) is 5.73 Å². The van der Waals surface area contributed by atoms with Crippen molar-refractivity contribution in [3.63, 3.8) is 0 Å². The first kappa shape index (κ1) is 16.1.